The Morgan fingerprint density at radius 3 is 2.88 bits per heavy atom. The van der Waals surface area contributed by atoms with Crippen LogP contribution in [0, 0.1) is 0 Å². The molecule has 6 heteroatoms. The van der Waals surface area contributed by atoms with E-state index in [4.69, 9.17) is 0 Å². The van der Waals surface area contributed by atoms with Crippen LogP contribution in [0.4, 0.5) is 11.4 Å². The van der Waals surface area contributed by atoms with Gasteiger partial charge >= 0.3 is 0 Å². The Labute approximate surface area is 102 Å². The molecule has 1 aliphatic heterocycles. The minimum atomic E-state index is -2.27. The first kappa shape index (κ1) is 12.1. The number of nitrogens with one attached hydrogen (secondary N) is 1. The van der Waals surface area contributed by atoms with Gasteiger partial charge in [0.25, 0.3) is 0 Å². The number of carbonyl (C=O) groups excluding carboxylic acids is 1. The van der Waals surface area contributed by atoms with E-state index in [0.29, 0.717) is 25.1 Å². The fourth-order valence-corrected chi connectivity index (χ4v) is 2.40. The van der Waals surface area contributed by atoms with Crippen molar-refractivity contribution < 1.29 is 13.6 Å². The maximum absolute atomic E-state index is 11.2. The van der Waals surface area contributed by atoms with Gasteiger partial charge in [-0.3, -0.25) is 9.00 Å². The number of aryl methyl sites for hydroxylation is 1. The number of hydrogen-bond acceptors (Lipinski definition) is 3. The maximum atomic E-state index is 11.2. The van der Waals surface area contributed by atoms with E-state index in [1.165, 1.54) is 4.31 Å². The summed E-state index contributed by atoms with van der Waals surface area (Å²) in [6, 6.07) is 5.26. The van der Waals surface area contributed by atoms with E-state index in [2.05, 4.69) is 5.32 Å². The van der Waals surface area contributed by atoms with Crippen LogP contribution in [0.15, 0.2) is 18.2 Å². The summed E-state index contributed by atoms with van der Waals surface area (Å²) >= 11 is -2.27. The highest BCUT2D eigenvalue weighted by Crippen LogP contribution is 2.27. The lowest BCUT2D eigenvalue weighted by atomic mass is 10.0. The molecule has 1 aromatic rings. The maximum Gasteiger partial charge on any atom is 0.224 e. The highest BCUT2D eigenvalue weighted by molar-refractivity contribution is 7.80. The van der Waals surface area contributed by atoms with Crippen LogP contribution in [0.5, 0.6) is 0 Å². The molecule has 1 aromatic carbocycles. The Balaban J connectivity index is 2.33. The smallest absolute Gasteiger partial charge is 0.224 e. The summed E-state index contributed by atoms with van der Waals surface area (Å²) in [5, 5.41) is 2.76. The Morgan fingerprint density at radius 1 is 1.47 bits per heavy atom. The number of benzene rings is 1. The van der Waals surface area contributed by atoms with Crippen LogP contribution in [-0.2, 0) is 22.5 Å². The predicted molar refractivity (Wildman–Crippen MR) is 65.3 cm³/mol. The van der Waals surface area contributed by atoms with Gasteiger partial charge in [0.15, 0.2) is 0 Å². The minimum absolute atomic E-state index is 0.00463. The van der Waals surface area contributed by atoms with Crippen molar-refractivity contribution in [3.05, 3.63) is 23.8 Å². The lowest BCUT2D eigenvalue weighted by molar-refractivity contribution is -0.116. The Bertz CT molecular complexity index is 476. The van der Waals surface area contributed by atoms with E-state index < -0.39 is 11.3 Å². The van der Waals surface area contributed by atoms with Gasteiger partial charge < -0.3 is 14.2 Å². The molecule has 0 saturated carbocycles. The number of fused-ring (bicyclic) bond motifs is 1. The molecule has 1 aliphatic rings. The number of rotatable bonds is 3. The molecule has 0 radical (unpaired) electrons. The molecular weight excluding hydrogens is 240 g/mol. The van der Waals surface area contributed by atoms with Gasteiger partial charge in [0.05, 0.1) is 0 Å². The van der Waals surface area contributed by atoms with Crippen molar-refractivity contribution in [2.24, 2.45) is 0 Å². The number of anilines is 2. The standard InChI is InChI=1S/C11H14N2O3S/c1-2-13(17(15)16)9-4-5-10-8(7-9)3-6-11(14)12-10/h4-5,7H,2-3,6H2,1H3,(H,12,14)(H,15,16)/p-1. The van der Waals surface area contributed by atoms with Crippen molar-refractivity contribution in [2.75, 3.05) is 16.2 Å². The topological polar surface area (TPSA) is 72.5 Å². The summed E-state index contributed by atoms with van der Waals surface area (Å²) in [5.41, 5.74) is 2.39. The predicted octanol–water partition coefficient (Wildman–Crippen LogP) is 1.19. The summed E-state index contributed by atoms with van der Waals surface area (Å²) in [4.78, 5) is 11.2. The van der Waals surface area contributed by atoms with Gasteiger partial charge in [0, 0.05) is 35.6 Å². The van der Waals surface area contributed by atoms with E-state index in [1.807, 2.05) is 6.07 Å². The van der Waals surface area contributed by atoms with Gasteiger partial charge in [0.1, 0.15) is 0 Å². The third kappa shape index (κ3) is 2.48. The van der Waals surface area contributed by atoms with E-state index in [0.717, 1.165) is 11.3 Å². The molecule has 92 valence electrons. The molecule has 1 heterocycles. The number of hydrogen-bond donors (Lipinski definition) is 1. The molecule has 1 N–H and O–H groups in total. The molecule has 0 saturated heterocycles. The average Bonchev–Trinajstić information content (AvgIpc) is 2.29. The van der Waals surface area contributed by atoms with Crippen LogP contribution in [0.2, 0.25) is 0 Å². The van der Waals surface area contributed by atoms with Gasteiger partial charge in [-0.05, 0) is 37.1 Å². The molecule has 5 nitrogen and oxygen atoms in total. The molecule has 1 amide bonds. The lowest BCUT2D eigenvalue weighted by Crippen LogP contribution is -2.25. The molecule has 0 aliphatic carbocycles. The highest BCUT2D eigenvalue weighted by atomic mass is 32.2. The monoisotopic (exact) mass is 253 g/mol. The van der Waals surface area contributed by atoms with Crippen LogP contribution in [-0.4, -0.2) is 21.2 Å². The van der Waals surface area contributed by atoms with Crippen molar-refractivity contribution in [1.82, 2.24) is 0 Å². The molecule has 0 aromatic heterocycles. The average molecular weight is 253 g/mol. The molecule has 1 atom stereocenters. The fraction of sp³-hybridized carbons (Fsp3) is 0.364. The largest absolute Gasteiger partial charge is 0.755 e. The van der Waals surface area contributed by atoms with Crippen LogP contribution in [0.25, 0.3) is 0 Å². The SMILES string of the molecule is CCN(c1ccc2c(c1)CCC(=O)N2)S(=O)[O-]. The van der Waals surface area contributed by atoms with Crippen molar-refractivity contribution in [3.8, 4) is 0 Å². The second-order valence-corrected chi connectivity index (χ2v) is 4.68. The van der Waals surface area contributed by atoms with Crippen molar-refractivity contribution in [2.45, 2.75) is 19.8 Å². The van der Waals surface area contributed by atoms with E-state index >= 15 is 0 Å². The molecule has 0 spiro atoms. The van der Waals surface area contributed by atoms with Crippen molar-refractivity contribution in [1.29, 1.82) is 0 Å². The van der Waals surface area contributed by atoms with E-state index in [9.17, 15) is 13.6 Å². The second kappa shape index (κ2) is 4.85. The first-order valence-electron chi connectivity index (χ1n) is 5.41. The second-order valence-electron chi connectivity index (χ2n) is 3.80. The minimum Gasteiger partial charge on any atom is -0.755 e. The van der Waals surface area contributed by atoms with Gasteiger partial charge in [-0.15, -0.1) is 0 Å². The number of nitrogens with zero attached hydrogens (tertiary/aromatic N) is 1. The normalized spacial score (nSPS) is 16.0. The highest BCUT2D eigenvalue weighted by Gasteiger charge is 2.16. The zero-order valence-corrected chi connectivity index (χ0v) is 10.3. The zero-order valence-electron chi connectivity index (χ0n) is 9.43. The number of carbonyl (C=O) groups is 1. The third-order valence-corrected chi connectivity index (χ3v) is 3.57. The first-order chi connectivity index (χ1) is 8.11. The van der Waals surface area contributed by atoms with Crippen molar-refractivity contribution in [3.63, 3.8) is 0 Å². The summed E-state index contributed by atoms with van der Waals surface area (Å²) in [6.45, 7) is 2.16. The molecule has 2 rings (SSSR count). The third-order valence-electron chi connectivity index (χ3n) is 2.74. The molecule has 0 fully saturated rings. The van der Waals surface area contributed by atoms with Gasteiger partial charge in [0.2, 0.25) is 5.91 Å². The summed E-state index contributed by atoms with van der Waals surface area (Å²) in [6.07, 6.45) is 1.10. The zero-order chi connectivity index (χ0) is 12.4. The van der Waals surface area contributed by atoms with Crippen LogP contribution in [0.3, 0.4) is 0 Å². The Kier molecular flexibility index (Phi) is 3.44. The Hall–Kier alpha value is -1.40. The summed E-state index contributed by atoms with van der Waals surface area (Å²) in [7, 11) is 0. The van der Waals surface area contributed by atoms with Gasteiger partial charge in [-0.2, -0.15) is 0 Å². The fourth-order valence-electron chi connectivity index (χ4n) is 1.90. The van der Waals surface area contributed by atoms with Crippen LogP contribution in [0.1, 0.15) is 18.9 Å². The number of amides is 1. The van der Waals surface area contributed by atoms with E-state index in [-0.39, 0.29) is 5.91 Å². The quantitative estimate of drug-likeness (QED) is 0.822. The van der Waals surface area contributed by atoms with Crippen LogP contribution >= 0.6 is 0 Å². The molecule has 17 heavy (non-hydrogen) atoms. The lowest BCUT2D eigenvalue weighted by Gasteiger charge is -2.26. The Morgan fingerprint density at radius 2 is 2.24 bits per heavy atom. The van der Waals surface area contributed by atoms with E-state index in [1.54, 1.807) is 19.1 Å². The molecule has 0 bridgehead atoms. The molecule has 1 unspecified atom stereocenters. The van der Waals surface area contributed by atoms with Crippen LogP contribution < -0.4 is 9.62 Å². The van der Waals surface area contributed by atoms with Gasteiger partial charge in [-0.25, -0.2) is 0 Å². The first-order valence-corrected chi connectivity index (χ1v) is 6.44. The summed E-state index contributed by atoms with van der Waals surface area (Å²) in [5.74, 6) is 0.00463. The van der Waals surface area contributed by atoms with Crippen molar-refractivity contribution >= 4 is 28.5 Å². The summed E-state index contributed by atoms with van der Waals surface area (Å²) < 4.78 is 23.3. The molecular formula is C11H13N2O3S-. The van der Waals surface area contributed by atoms with Gasteiger partial charge in [-0.1, -0.05) is 0 Å².